The Labute approximate surface area is 120 Å². The molecule has 1 aliphatic rings. The number of fused-ring (bicyclic) bond motifs is 1. The zero-order chi connectivity index (χ0) is 14.2. The fraction of sp³-hybridized carbons (Fsp3) is 0.471. The monoisotopic (exact) mass is 269 g/mol. The molecule has 1 heterocycles. The second kappa shape index (κ2) is 5.06. The third-order valence-electron chi connectivity index (χ3n) is 4.55. The highest BCUT2D eigenvalue weighted by Crippen LogP contribution is 2.43. The van der Waals surface area contributed by atoms with Gasteiger partial charge in [-0.05, 0) is 36.3 Å². The van der Waals surface area contributed by atoms with E-state index >= 15 is 0 Å². The summed E-state index contributed by atoms with van der Waals surface area (Å²) < 4.78 is 2.00. The lowest BCUT2D eigenvalue weighted by Gasteiger charge is -2.38. The van der Waals surface area contributed by atoms with E-state index in [0.717, 1.165) is 31.4 Å². The lowest BCUT2D eigenvalue weighted by molar-refractivity contribution is 0.411. The van der Waals surface area contributed by atoms with Gasteiger partial charge in [-0.2, -0.15) is 5.10 Å². The van der Waals surface area contributed by atoms with E-state index in [9.17, 15) is 0 Å². The van der Waals surface area contributed by atoms with Crippen LogP contribution in [-0.4, -0.2) is 9.78 Å². The third-order valence-corrected chi connectivity index (χ3v) is 4.55. The van der Waals surface area contributed by atoms with Crippen LogP contribution in [0.5, 0.6) is 0 Å². The molecule has 1 aliphatic carbocycles. The quantitative estimate of drug-likeness (QED) is 0.928. The smallest absolute Gasteiger partial charge is 0.0699 e. The summed E-state index contributed by atoms with van der Waals surface area (Å²) >= 11 is 0. The predicted molar refractivity (Wildman–Crippen MR) is 81.6 cm³/mol. The van der Waals surface area contributed by atoms with Crippen LogP contribution in [0.1, 0.15) is 55.7 Å². The van der Waals surface area contributed by atoms with Crippen LogP contribution in [0.15, 0.2) is 36.7 Å². The third kappa shape index (κ3) is 2.06. The minimum absolute atomic E-state index is 0.380. The fourth-order valence-corrected chi connectivity index (χ4v) is 3.31. The lowest BCUT2D eigenvalue weighted by atomic mass is 9.70. The van der Waals surface area contributed by atoms with Gasteiger partial charge in [0, 0.05) is 18.3 Å². The van der Waals surface area contributed by atoms with E-state index in [-0.39, 0.29) is 5.54 Å². The number of nitrogens with two attached hydrogens (primary N) is 1. The Morgan fingerprint density at radius 1 is 1.40 bits per heavy atom. The number of benzene rings is 1. The van der Waals surface area contributed by atoms with Crippen molar-refractivity contribution in [2.75, 3.05) is 0 Å². The molecule has 106 valence electrons. The van der Waals surface area contributed by atoms with Crippen molar-refractivity contribution in [1.29, 1.82) is 0 Å². The SMILES string of the molecule is CCCn1cc(C2(N)CCC(C)c3ccccc32)cn1. The molecule has 3 nitrogen and oxygen atoms in total. The van der Waals surface area contributed by atoms with E-state index in [4.69, 9.17) is 5.73 Å². The molecule has 1 aromatic carbocycles. The van der Waals surface area contributed by atoms with Gasteiger partial charge in [0.05, 0.1) is 11.7 Å². The maximum atomic E-state index is 6.81. The van der Waals surface area contributed by atoms with Crippen molar-refractivity contribution in [1.82, 2.24) is 9.78 Å². The number of hydrogen-bond acceptors (Lipinski definition) is 2. The number of aryl methyl sites for hydroxylation is 1. The highest BCUT2D eigenvalue weighted by molar-refractivity contribution is 5.44. The van der Waals surface area contributed by atoms with Gasteiger partial charge < -0.3 is 5.73 Å². The van der Waals surface area contributed by atoms with Crippen molar-refractivity contribution in [3.05, 3.63) is 53.3 Å². The van der Waals surface area contributed by atoms with Crippen molar-refractivity contribution >= 4 is 0 Å². The molecule has 0 fully saturated rings. The number of nitrogens with zero attached hydrogens (tertiary/aromatic N) is 2. The zero-order valence-corrected chi connectivity index (χ0v) is 12.3. The Kier molecular flexibility index (Phi) is 3.38. The Morgan fingerprint density at radius 3 is 3.00 bits per heavy atom. The summed E-state index contributed by atoms with van der Waals surface area (Å²) in [4.78, 5) is 0. The largest absolute Gasteiger partial charge is 0.318 e. The van der Waals surface area contributed by atoms with Gasteiger partial charge in [0.2, 0.25) is 0 Å². The predicted octanol–water partition coefficient (Wildman–Crippen LogP) is 3.39. The van der Waals surface area contributed by atoms with Crippen LogP contribution in [0.2, 0.25) is 0 Å². The van der Waals surface area contributed by atoms with Gasteiger partial charge >= 0.3 is 0 Å². The minimum atomic E-state index is -0.380. The van der Waals surface area contributed by atoms with Gasteiger partial charge in [-0.3, -0.25) is 4.68 Å². The van der Waals surface area contributed by atoms with E-state index in [1.54, 1.807) is 0 Å². The molecule has 0 amide bonds. The molecule has 2 aromatic rings. The minimum Gasteiger partial charge on any atom is -0.318 e. The van der Waals surface area contributed by atoms with Gasteiger partial charge in [0.1, 0.15) is 0 Å². The summed E-state index contributed by atoms with van der Waals surface area (Å²) in [7, 11) is 0. The van der Waals surface area contributed by atoms with Gasteiger partial charge in [-0.1, -0.05) is 38.1 Å². The van der Waals surface area contributed by atoms with Crippen molar-refractivity contribution in [3.63, 3.8) is 0 Å². The van der Waals surface area contributed by atoms with Crippen LogP contribution in [0.3, 0.4) is 0 Å². The molecule has 20 heavy (non-hydrogen) atoms. The second-order valence-corrected chi connectivity index (χ2v) is 5.99. The standard InChI is InChI=1S/C17H23N3/c1-3-10-20-12-14(11-19-20)17(18)9-8-13(2)15-6-4-5-7-16(15)17/h4-7,11-13H,3,8-10,18H2,1-2H3. The average molecular weight is 269 g/mol. The molecule has 2 N–H and O–H groups in total. The molecular weight excluding hydrogens is 246 g/mol. The Balaban J connectivity index is 2.05. The Morgan fingerprint density at radius 2 is 2.20 bits per heavy atom. The molecule has 0 saturated carbocycles. The van der Waals surface area contributed by atoms with Crippen molar-refractivity contribution in [2.24, 2.45) is 5.73 Å². The number of hydrogen-bond donors (Lipinski definition) is 1. The summed E-state index contributed by atoms with van der Waals surface area (Å²) in [6, 6.07) is 8.61. The first kappa shape index (κ1) is 13.4. The van der Waals surface area contributed by atoms with E-state index in [0.29, 0.717) is 5.92 Å². The number of aromatic nitrogens is 2. The molecule has 0 radical (unpaired) electrons. The summed E-state index contributed by atoms with van der Waals surface area (Å²) in [6.07, 6.45) is 7.28. The molecule has 2 atom stereocenters. The van der Waals surface area contributed by atoms with E-state index in [1.807, 2.05) is 10.9 Å². The zero-order valence-electron chi connectivity index (χ0n) is 12.3. The molecule has 0 aliphatic heterocycles. The molecular formula is C17H23N3. The molecule has 0 spiro atoms. The average Bonchev–Trinajstić information content (AvgIpc) is 2.93. The summed E-state index contributed by atoms with van der Waals surface area (Å²) in [5.41, 5.74) is 10.2. The first-order valence-electron chi connectivity index (χ1n) is 7.56. The summed E-state index contributed by atoms with van der Waals surface area (Å²) in [5.74, 6) is 0.591. The fourth-order valence-electron chi connectivity index (χ4n) is 3.31. The first-order valence-corrected chi connectivity index (χ1v) is 7.56. The maximum absolute atomic E-state index is 6.81. The molecule has 3 heteroatoms. The van der Waals surface area contributed by atoms with E-state index in [1.165, 1.54) is 11.1 Å². The van der Waals surface area contributed by atoms with Crippen molar-refractivity contribution in [2.45, 2.75) is 51.1 Å². The normalized spacial score (nSPS) is 25.4. The molecule has 0 saturated heterocycles. The van der Waals surface area contributed by atoms with Crippen molar-refractivity contribution < 1.29 is 0 Å². The van der Waals surface area contributed by atoms with Gasteiger partial charge in [0.25, 0.3) is 0 Å². The maximum Gasteiger partial charge on any atom is 0.0699 e. The van der Waals surface area contributed by atoms with Crippen LogP contribution in [-0.2, 0) is 12.1 Å². The molecule has 2 unspecified atom stereocenters. The Bertz CT molecular complexity index is 602. The molecule has 3 rings (SSSR count). The van der Waals surface area contributed by atoms with E-state index in [2.05, 4.69) is 49.4 Å². The molecule has 1 aromatic heterocycles. The van der Waals surface area contributed by atoms with Crippen LogP contribution in [0, 0.1) is 0 Å². The van der Waals surface area contributed by atoms with Crippen LogP contribution < -0.4 is 5.73 Å². The van der Waals surface area contributed by atoms with E-state index < -0.39 is 0 Å². The topological polar surface area (TPSA) is 43.8 Å². The highest BCUT2D eigenvalue weighted by Gasteiger charge is 2.37. The Hall–Kier alpha value is -1.61. The lowest BCUT2D eigenvalue weighted by Crippen LogP contribution is -2.41. The second-order valence-electron chi connectivity index (χ2n) is 5.99. The van der Waals surface area contributed by atoms with Gasteiger partial charge in [0.15, 0.2) is 0 Å². The van der Waals surface area contributed by atoms with Crippen LogP contribution >= 0.6 is 0 Å². The molecule has 0 bridgehead atoms. The van der Waals surface area contributed by atoms with Crippen LogP contribution in [0.4, 0.5) is 0 Å². The van der Waals surface area contributed by atoms with Gasteiger partial charge in [-0.25, -0.2) is 0 Å². The summed E-state index contributed by atoms with van der Waals surface area (Å²) in [6.45, 7) is 5.41. The number of rotatable bonds is 3. The summed E-state index contributed by atoms with van der Waals surface area (Å²) in [5, 5.41) is 4.45. The first-order chi connectivity index (χ1) is 9.65. The van der Waals surface area contributed by atoms with Crippen molar-refractivity contribution in [3.8, 4) is 0 Å². The van der Waals surface area contributed by atoms with Gasteiger partial charge in [-0.15, -0.1) is 0 Å². The highest BCUT2D eigenvalue weighted by atomic mass is 15.3. The van der Waals surface area contributed by atoms with Crippen LogP contribution in [0.25, 0.3) is 0 Å².